The molecule has 0 spiro atoms. The van der Waals surface area contributed by atoms with Crippen LogP contribution >= 0.6 is 0 Å². The number of rotatable bonds is 5. The van der Waals surface area contributed by atoms with Gasteiger partial charge in [-0.25, -0.2) is 0 Å². The molecule has 0 unspecified atom stereocenters. The highest BCUT2D eigenvalue weighted by molar-refractivity contribution is 7.92. The number of nitrogens with zero attached hydrogens (tertiary/aromatic N) is 2. The average molecular weight is 284 g/mol. The highest BCUT2D eigenvalue weighted by atomic mass is 32.2. The third-order valence-corrected chi connectivity index (χ3v) is 3.74. The minimum absolute atomic E-state index is 0.154. The van der Waals surface area contributed by atoms with Gasteiger partial charge in [-0.2, -0.15) is 13.5 Å². The van der Waals surface area contributed by atoms with E-state index >= 15 is 0 Å². The highest BCUT2D eigenvalue weighted by Gasteiger charge is 2.19. The van der Waals surface area contributed by atoms with E-state index in [9.17, 15) is 8.42 Å². The van der Waals surface area contributed by atoms with Crippen molar-refractivity contribution in [3.63, 3.8) is 0 Å². The maximum absolute atomic E-state index is 12.0. The van der Waals surface area contributed by atoms with Gasteiger partial charge in [-0.1, -0.05) is 0 Å². The molecule has 104 valence electrons. The molecular weight excluding hydrogens is 268 g/mol. The summed E-state index contributed by atoms with van der Waals surface area (Å²) in [7, 11) is -3.74. The van der Waals surface area contributed by atoms with Crippen LogP contribution in [-0.2, 0) is 16.6 Å². The van der Waals surface area contributed by atoms with E-state index in [-0.39, 0.29) is 17.7 Å². The third-order valence-electron chi connectivity index (χ3n) is 2.49. The molecule has 0 bridgehead atoms. The molecule has 2 aromatic heterocycles. The first kappa shape index (κ1) is 13.6. The van der Waals surface area contributed by atoms with Crippen molar-refractivity contribution in [1.29, 1.82) is 0 Å². The quantitative estimate of drug-likeness (QED) is 0.861. The summed E-state index contributed by atoms with van der Waals surface area (Å²) in [5.41, 5.74) is 5.76. The Bertz CT molecular complexity index is 657. The van der Waals surface area contributed by atoms with Gasteiger partial charge in [-0.3, -0.25) is 9.40 Å². The minimum atomic E-state index is -3.74. The lowest BCUT2D eigenvalue weighted by Gasteiger charge is -2.04. The van der Waals surface area contributed by atoms with Crippen LogP contribution in [0.25, 0.3) is 0 Å². The maximum Gasteiger partial charge on any atom is 0.295 e. The number of anilines is 1. The molecule has 19 heavy (non-hydrogen) atoms. The minimum Gasteiger partial charge on any atom is -0.446 e. The van der Waals surface area contributed by atoms with Gasteiger partial charge < -0.3 is 10.2 Å². The molecule has 2 heterocycles. The van der Waals surface area contributed by atoms with E-state index in [1.807, 2.05) is 13.8 Å². The van der Waals surface area contributed by atoms with E-state index in [0.717, 1.165) is 0 Å². The molecule has 7 nitrogen and oxygen atoms in total. The fraction of sp³-hybridized carbons (Fsp3) is 0.364. The summed E-state index contributed by atoms with van der Waals surface area (Å²) >= 11 is 0. The molecule has 2 aromatic rings. The summed E-state index contributed by atoms with van der Waals surface area (Å²) in [5.74, 6) is 0.415. The molecule has 0 aliphatic carbocycles. The van der Waals surface area contributed by atoms with Crippen LogP contribution in [0, 0.1) is 0 Å². The van der Waals surface area contributed by atoms with Crippen molar-refractivity contribution in [3.05, 3.63) is 30.3 Å². The van der Waals surface area contributed by atoms with Crippen molar-refractivity contribution >= 4 is 15.7 Å². The van der Waals surface area contributed by atoms with Crippen molar-refractivity contribution in [2.45, 2.75) is 31.5 Å². The van der Waals surface area contributed by atoms with Crippen molar-refractivity contribution in [1.82, 2.24) is 9.78 Å². The van der Waals surface area contributed by atoms with Gasteiger partial charge in [-0.05, 0) is 26.0 Å². The van der Waals surface area contributed by atoms with E-state index in [0.29, 0.717) is 11.4 Å². The lowest BCUT2D eigenvalue weighted by atomic mass is 10.4. The van der Waals surface area contributed by atoms with Crippen LogP contribution in [-0.4, -0.2) is 18.2 Å². The Morgan fingerprint density at radius 1 is 1.47 bits per heavy atom. The zero-order valence-electron chi connectivity index (χ0n) is 10.7. The zero-order valence-corrected chi connectivity index (χ0v) is 11.5. The molecule has 0 saturated heterocycles. The van der Waals surface area contributed by atoms with Crippen molar-refractivity contribution < 1.29 is 12.8 Å². The molecule has 0 fully saturated rings. The predicted octanol–water partition coefficient (Wildman–Crippen LogP) is 1.32. The lowest BCUT2D eigenvalue weighted by molar-refractivity contribution is 0.417. The second kappa shape index (κ2) is 5.06. The molecule has 8 heteroatoms. The second-order valence-electron chi connectivity index (χ2n) is 4.33. The lowest BCUT2D eigenvalue weighted by Crippen LogP contribution is -2.11. The fourth-order valence-corrected chi connectivity index (χ4v) is 2.47. The van der Waals surface area contributed by atoms with E-state index < -0.39 is 10.0 Å². The molecule has 0 amide bonds. The smallest absolute Gasteiger partial charge is 0.295 e. The third kappa shape index (κ3) is 2.96. The molecule has 0 atom stereocenters. The number of sulfonamides is 1. The number of aromatic nitrogens is 2. The van der Waals surface area contributed by atoms with Gasteiger partial charge in [0.2, 0.25) is 5.09 Å². The highest BCUT2D eigenvalue weighted by Crippen LogP contribution is 2.18. The second-order valence-corrected chi connectivity index (χ2v) is 5.95. The van der Waals surface area contributed by atoms with Gasteiger partial charge >= 0.3 is 0 Å². The number of nitrogens with one attached hydrogen (secondary N) is 1. The van der Waals surface area contributed by atoms with Crippen molar-refractivity contribution in [2.24, 2.45) is 5.73 Å². The Morgan fingerprint density at radius 3 is 2.74 bits per heavy atom. The van der Waals surface area contributed by atoms with Gasteiger partial charge in [0.1, 0.15) is 5.76 Å². The predicted molar refractivity (Wildman–Crippen MR) is 70.0 cm³/mol. The Balaban J connectivity index is 2.20. The van der Waals surface area contributed by atoms with Crippen LogP contribution in [0.3, 0.4) is 0 Å². The number of furan rings is 1. The monoisotopic (exact) mass is 284 g/mol. The fourth-order valence-electron chi connectivity index (χ4n) is 1.49. The van der Waals surface area contributed by atoms with Crippen LogP contribution in [0.1, 0.15) is 25.6 Å². The summed E-state index contributed by atoms with van der Waals surface area (Å²) in [4.78, 5) is 0. The number of hydrogen-bond donors (Lipinski definition) is 2. The van der Waals surface area contributed by atoms with Gasteiger partial charge in [-0.15, -0.1) is 0 Å². The van der Waals surface area contributed by atoms with E-state index in [2.05, 4.69) is 9.82 Å². The Labute approximate surface area is 111 Å². The summed E-state index contributed by atoms with van der Waals surface area (Å²) in [6.07, 6.45) is 3.07. The van der Waals surface area contributed by atoms with Crippen LogP contribution in [0.5, 0.6) is 0 Å². The summed E-state index contributed by atoms with van der Waals surface area (Å²) in [6.45, 7) is 4.05. The molecule has 0 saturated carbocycles. The van der Waals surface area contributed by atoms with Crippen LogP contribution in [0.2, 0.25) is 0 Å². The maximum atomic E-state index is 12.0. The molecular formula is C11H16N4O3S. The molecule has 0 aromatic carbocycles. The van der Waals surface area contributed by atoms with E-state index in [1.54, 1.807) is 10.9 Å². The normalized spacial score (nSPS) is 12.0. The first-order valence-corrected chi connectivity index (χ1v) is 7.26. The van der Waals surface area contributed by atoms with Gasteiger partial charge in [0.15, 0.2) is 0 Å². The number of nitrogens with two attached hydrogens (primary N) is 1. The zero-order chi connectivity index (χ0) is 14.0. The van der Waals surface area contributed by atoms with Crippen LogP contribution in [0.4, 0.5) is 5.69 Å². The Kier molecular flexibility index (Phi) is 3.63. The topological polar surface area (TPSA) is 103 Å². The van der Waals surface area contributed by atoms with Crippen LogP contribution < -0.4 is 10.5 Å². The molecule has 0 radical (unpaired) electrons. The molecule has 2 rings (SSSR count). The molecule has 0 aliphatic rings. The van der Waals surface area contributed by atoms with Gasteiger partial charge in [0.05, 0.1) is 18.4 Å². The van der Waals surface area contributed by atoms with Crippen LogP contribution in [0.15, 0.2) is 34.0 Å². The van der Waals surface area contributed by atoms with E-state index in [1.165, 1.54) is 18.3 Å². The largest absolute Gasteiger partial charge is 0.446 e. The summed E-state index contributed by atoms with van der Waals surface area (Å²) in [6, 6.07) is 3.06. The average Bonchev–Trinajstić information content (AvgIpc) is 2.96. The number of hydrogen-bond acceptors (Lipinski definition) is 5. The molecule has 0 aliphatic heterocycles. The summed E-state index contributed by atoms with van der Waals surface area (Å²) < 4.78 is 33.2. The first-order valence-electron chi connectivity index (χ1n) is 5.78. The van der Waals surface area contributed by atoms with Gasteiger partial charge in [0, 0.05) is 12.2 Å². The Morgan fingerprint density at radius 2 is 2.21 bits per heavy atom. The standard InChI is InChI=1S/C11H16N4O3S/c1-8(2)15-7-9(6-13-15)14-19(16,17)11-4-3-10(5-12)18-11/h3-4,6-8,14H,5,12H2,1-2H3. The first-order chi connectivity index (χ1) is 8.92. The Hall–Kier alpha value is -1.80. The SMILES string of the molecule is CC(C)n1cc(NS(=O)(=O)c2ccc(CN)o2)cn1. The molecule has 3 N–H and O–H groups in total. The van der Waals surface area contributed by atoms with Gasteiger partial charge in [0.25, 0.3) is 10.0 Å². The van der Waals surface area contributed by atoms with Crippen molar-refractivity contribution in [2.75, 3.05) is 4.72 Å². The van der Waals surface area contributed by atoms with Crippen molar-refractivity contribution in [3.8, 4) is 0 Å². The summed E-state index contributed by atoms with van der Waals surface area (Å²) in [5, 5.41) is 3.89. The van der Waals surface area contributed by atoms with E-state index in [4.69, 9.17) is 10.2 Å².